The number of hydrogen-bond acceptors (Lipinski definition) is 5. The lowest BCUT2D eigenvalue weighted by Gasteiger charge is -2.19. The number of ketones is 2. The molecule has 0 aromatic carbocycles. The van der Waals surface area contributed by atoms with Crippen molar-refractivity contribution in [2.45, 2.75) is 181 Å². The maximum atomic E-state index is 12.5. The van der Waals surface area contributed by atoms with E-state index in [0.29, 0.717) is 12.8 Å². The van der Waals surface area contributed by atoms with Gasteiger partial charge in [-0.1, -0.05) is 154 Å². The van der Waals surface area contributed by atoms with Crippen LogP contribution < -0.4 is 0 Å². The highest BCUT2D eigenvalue weighted by atomic mass is 16.8. The number of hydrogen-bond donors (Lipinski definition) is 2. The predicted molar refractivity (Wildman–Crippen MR) is 151 cm³/mol. The summed E-state index contributed by atoms with van der Waals surface area (Å²) >= 11 is 0. The monoisotopic (exact) mass is 511 g/mol. The summed E-state index contributed by atoms with van der Waals surface area (Å²) in [4.78, 5) is 25.0. The molecule has 0 aromatic rings. The smallest absolute Gasteiger partial charge is 0.155 e. The van der Waals surface area contributed by atoms with Crippen LogP contribution >= 0.6 is 0 Å². The topological polar surface area (TPSA) is 77.8 Å². The molecule has 0 aromatic heterocycles. The van der Waals surface area contributed by atoms with Crippen LogP contribution in [0.5, 0.6) is 0 Å². The summed E-state index contributed by atoms with van der Waals surface area (Å²) in [7, 11) is 0. The first kappa shape index (κ1) is 35.2. The molecule has 0 radical (unpaired) electrons. The Kier molecular flexibility index (Phi) is 25.3. The van der Waals surface area contributed by atoms with Crippen molar-refractivity contribution < 1.29 is 20.0 Å². The second-order valence-corrected chi connectivity index (χ2v) is 11.3. The molecule has 36 heavy (non-hydrogen) atoms. The van der Waals surface area contributed by atoms with Crippen LogP contribution in [0.25, 0.3) is 0 Å². The summed E-state index contributed by atoms with van der Waals surface area (Å²) in [5.41, 5.74) is 0. The largest absolute Gasteiger partial charge is 0.300 e. The Labute approximate surface area is 223 Å². The van der Waals surface area contributed by atoms with E-state index in [1.807, 2.05) is 0 Å². The molecular weight excluding hydrogens is 450 g/mol. The van der Waals surface area contributed by atoms with E-state index in [1.54, 1.807) is 0 Å². The van der Waals surface area contributed by atoms with Gasteiger partial charge in [0.1, 0.15) is 11.8 Å². The van der Waals surface area contributed by atoms with E-state index in [9.17, 15) is 20.0 Å². The zero-order valence-electron chi connectivity index (χ0n) is 24.3. The predicted octanol–water partition coefficient (Wildman–Crippen LogP) is 9.61. The molecule has 0 aliphatic rings. The highest BCUT2D eigenvalue weighted by Crippen LogP contribution is 2.19. The molecule has 0 aliphatic carbocycles. The van der Waals surface area contributed by atoms with Crippen molar-refractivity contribution in [1.82, 2.24) is 5.23 Å². The van der Waals surface area contributed by atoms with Crippen molar-refractivity contribution in [3.63, 3.8) is 0 Å². The van der Waals surface area contributed by atoms with Crippen molar-refractivity contribution >= 4 is 11.6 Å². The molecule has 0 heterocycles. The Hall–Kier alpha value is -0.780. The molecule has 214 valence electrons. The molecule has 0 bridgehead atoms. The van der Waals surface area contributed by atoms with Gasteiger partial charge in [-0.15, -0.1) is 0 Å². The van der Waals surface area contributed by atoms with E-state index < -0.39 is 6.04 Å². The zero-order chi connectivity index (χ0) is 26.9. The van der Waals surface area contributed by atoms with Crippen LogP contribution in [0.4, 0.5) is 0 Å². The summed E-state index contributed by atoms with van der Waals surface area (Å²) in [5, 5.41) is 19.1. The van der Waals surface area contributed by atoms with Gasteiger partial charge in [0.2, 0.25) is 0 Å². The van der Waals surface area contributed by atoms with Gasteiger partial charge in [-0.3, -0.25) is 20.0 Å². The molecule has 0 rings (SSSR count). The fraction of sp³-hybridized carbons (Fsp3) is 0.935. The van der Waals surface area contributed by atoms with E-state index in [2.05, 4.69) is 20.8 Å². The summed E-state index contributed by atoms with van der Waals surface area (Å²) in [6, 6.07) is -1.12. The third kappa shape index (κ3) is 22.4. The second kappa shape index (κ2) is 25.9. The Morgan fingerprint density at radius 2 is 0.972 bits per heavy atom. The Morgan fingerprint density at radius 1 is 0.583 bits per heavy atom. The van der Waals surface area contributed by atoms with Crippen LogP contribution in [0.2, 0.25) is 0 Å². The molecule has 2 atom stereocenters. The van der Waals surface area contributed by atoms with Crippen LogP contribution in [0, 0.1) is 5.92 Å². The van der Waals surface area contributed by atoms with Crippen LogP contribution in [0.1, 0.15) is 175 Å². The standard InChI is InChI=1S/C31H61NO4/c1-4-6-8-10-12-14-15-17-19-21-23-25-31(34)30(32(35)36)27-29(33)26-28(3)24-22-20-18-16-13-11-9-7-5-2/h28,30,35-36H,4-27H2,1-3H3. The number of carbonyl (C=O) groups is 2. The third-order valence-electron chi connectivity index (χ3n) is 7.47. The molecule has 0 saturated heterocycles. The molecule has 5 heteroatoms. The minimum absolute atomic E-state index is 0.0377. The van der Waals surface area contributed by atoms with Gasteiger partial charge in [-0.05, 0) is 12.3 Å². The van der Waals surface area contributed by atoms with E-state index in [0.717, 1.165) is 32.1 Å². The van der Waals surface area contributed by atoms with Gasteiger partial charge in [-0.25, -0.2) is 0 Å². The molecule has 5 nitrogen and oxygen atoms in total. The van der Waals surface area contributed by atoms with E-state index in [-0.39, 0.29) is 29.1 Å². The first-order chi connectivity index (χ1) is 17.4. The van der Waals surface area contributed by atoms with Crippen molar-refractivity contribution in [3.8, 4) is 0 Å². The lowest BCUT2D eigenvalue weighted by molar-refractivity contribution is -0.324. The van der Waals surface area contributed by atoms with Crippen LogP contribution in [0.3, 0.4) is 0 Å². The van der Waals surface area contributed by atoms with Crippen molar-refractivity contribution in [2.75, 3.05) is 0 Å². The van der Waals surface area contributed by atoms with Gasteiger partial charge in [-0.2, -0.15) is 0 Å². The SMILES string of the molecule is CCCCCCCCCCCCCC(=O)C(CC(=O)CC(C)CCCCCCCCCCC)N(O)O. The zero-order valence-corrected chi connectivity index (χ0v) is 24.3. The molecule has 0 fully saturated rings. The molecular formula is C31H61NO4. The van der Waals surface area contributed by atoms with Gasteiger partial charge in [0.25, 0.3) is 0 Å². The van der Waals surface area contributed by atoms with Gasteiger partial charge in [0, 0.05) is 19.3 Å². The Bertz CT molecular complexity index is 509. The van der Waals surface area contributed by atoms with Gasteiger partial charge < -0.3 is 0 Å². The van der Waals surface area contributed by atoms with Crippen LogP contribution in [-0.4, -0.2) is 33.2 Å². The number of rotatable bonds is 28. The maximum Gasteiger partial charge on any atom is 0.155 e. The molecule has 0 amide bonds. The summed E-state index contributed by atoms with van der Waals surface area (Å²) < 4.78 is 0. The van der Waals surface area contributed by atoms with Gasteiger partial charge in [0.05, 0.1) is 0 Å². The number of carbonyl (C=O) groups excluding carboxylic acids is 2. The van der Waals surface area contributed by atoms with Gasteiger partial charge in [0.15, 0.2) is 5.78 Å². The quantitative estimate of drug-likeness (QED) is 0.0807. The Morgan fingerprint density at radius 3 is 1.39 bits per heavy atom. The van der Waals surface area contributed by atoms with E-state index in [1.165, 1.54) is 103 Å². The Balaban J connectivity index is 3.90. The molecule has 0 aliphatic heterocycles. The van der Waals surface area contributed by atoms with Gasteiger partial charge >= 0.3 is 0 Å². The minimum atomic E-state index is -1.12. The number of hydroxylamine groups is 2. The average molecular weight is 512 g/mol. The molecule has 2 unspecified atom stereocenters. The fourth-order valence-electron chi connectivity index (χ4n) is 5.05. The van der Waals surface area contributed by atoms with Crippen molar-refractivity contribution in [2.24, 2.45) is 5.92 Å². The number of nitrogens with zero attached hydrogens (tertiary/aromatic N) is 1. The lowest BCUT2D eigenvalue weighted by atomic mass is 9.93. The van der Waals surface area contributed by atoms with Crippen molar-refractivity contribution in [3.05, 3.63) is 0 Å². The van der Waals surface area contributed by atoms with Crippen LogP contribution in [0.15, 0.2) is 0 Å². The number of Topliss-reactive ketones (excluding diaryl/α,β-unsaturated/α-hetero) is 2. The normalized spacial score (nSPS) is 13.3. The maximum absolute atomic E-state index is 12.5. The van der Waals surface area contributed by atoms with E-state index >= 15 is 0 Å². The third-order valence-corrected chi connectivity index (χ3v) is 7.47. The minimum Gasteiger partial charge on any atom is -0.300 e. The first-order valence-electron chi connectivity index (χ1n) is 15.6. The molecule has 0 saturated carbocycles. The number of unbranched alkanes of at least 4 members (excludes halogenated alkanes) is 18. The average Bonchev–Trinajstić information content (AvgIpc) is 2.84. The highest BCUT2D eigenvalue weighted by molar-refractivity contribution is 5.90. The second-order valence-electron chi connectivity index (χ2n) is 11.3. The summed E-state index contributed by atoms with van der Waals surface area (Å²) in [5.74, 6) is -0.0186. The molecule has 0 spiro atoms. The fourth-order valence-corrected chi connectivity index (χ4v) is 5.05. The molecule has 2 N–H and O–H groups in total. The highest BCUT2D eigenvalue weighted by Gasteiger charge is 2.27. The van der Waals surface area contributed by atoms with Crippen LogP contribution in [-0.2, 0) is 9.59 Å². The summed E-state index contributed by atoms with van der Waals surface area (Å²) in [6.07, 6.45) is 26.5. The summed E-state index contributed by atoms with van der Waals surface area (Å²) in [6.45, 7) is 6.57. The van der Waals surface area contributed by atoms with E-state index in [4.69, 9.17) is 0 Å². The van der Waals surface area contributed by atoms with Crippen molar-refractivity contribution in [1.29, 1.82) is 0 Å². The lowest BCUT2D eigenvalue weighted by Crippen LogP contribution is -2.38. The first-order valence-corrected chi connectivity index (χ1v) is 15.6.